The number of hydrazine groups is 2. The van der Waals surface area contributed by atoms with E-state index in [1.165, 1.54) is 0 Å². The first-order valence-electron chi connectivity index (χ1n) is 12.5. The molecule has 11 nitrogen and oxygen atoms in total. The Hall–Kier alpha value is -2.63. The van der Waals surface area contributed by atoms with Gasteiger partial charge in [0.05, 0.1) is 25.2 Å². The average Bonchev–Trinajstić information content (AvgIpc) is 3.35. The molecule has 6 N–H and O–H groups in total. The van der Waals surface area contributed by atoms with Gasteiger partial charge in [-0.3, -0.25) is 14.1 Å². The highest BCUT2D eigenvalue weighted by molar-refractivity contribution is 7.46. The highest BCUT2D eigenvalue weighted by Crippen LogP contribution is 2.40. The molecule has 37 heavy (non-hydrogen) atoms. The normalized spacial score (nSPS) is 18.8. The second-order valence-corrected chi connectivity index (χ2v) is 10.4. The van der Waals surface area contributed by atoms with E-state index in [9.17, 15) is 14.2 Å². The number of phosphoric acid groups is 1. The Kier molecular flexibility index (Phi) is 9.44. The molecule has 0 aromatic heterocycles. The van der Waals surface area contributed by atoms with Gasteiger partial charge in [-0.05, 0) is 35.6 Å². The summed E-state index contributed by atoms with van der Waals surface area (Å²) in [6.07, 6.45) is 3.02. The van der Waals surface area contributed by atoms with Crippen LogP contribution in [0.3, 0.4) is 0 Å². The van der Waals surface area contributed by atoms with E-state index in [2.05, 4.69) is 32.3 Å². The first-order valence-corrected chi connectivity index (χ1v) is 14.1. The molecule has 0 radical (unpaired) electrons. The molecule has 1 fully saturated rings. The molecular formula is C25H34N5O6P. The molecular weight excluding hydrogens is 497 g/mol. The van der Waals surface area contributed by atoms with Gasteiger partial charge in [-0.2, -0.15) is 5.53 Å². The highest BCUT2D eigenvalue weighted by Gasteiger charge is 2.36. The molecule has 12 heteroatoms. The summed E-state index contributed by atoms with van der Waals surface area (Å²) in [5, 5.41) is 2.85. The van der Waals surface area contributed by atoms with E-state index in [0.29, 0.717) is 19.5 Å². The van der Waals surface area contributed by atoms with Gasteiger partial charge in [0.25, 0.3) is 0 Å². The Bertz CT molecular complexity index is 1140. The number of carbonyl (C=O) groups excluding carboxylic acids is 2. The molecule has 2 aromatic rings. The van der Waals surface area contributed by atoms with Gasteiger partial charge in [-0.25, -0.2) is 15.4 Å². The average molecular weight is 532 g/mol. The van der Waals surface area contributed by atoms with Gasteiger partial charge in [0.2, 0.25) is 11.8 Å². The van der Waals surface area contributed by atoms with Crippen LogP contribution in [0.25, 0.3) is 0 Å². The summed E-state index contributed by atoms with van der Waals surface area (Å²) in [6.45, 7) is 0.915. The van der Waals surface area contributed by atoms with Gasteiger partial charge in [-0.1, -0.05) is 55.3 Å². The van der Waals surface area contributed by atoms with Crippen LogP contribution >= 0.6 is 7.82 Å². The molecule has 4 rings (SSSR count). The molecule has 0 spiro atoms. The largest absolute Gasteiger partial charge is 0.469 e. The van der Waals surface area contributed by atoms with E-state index in [-0.39, 0.29) is 43.3 Å². The Morgan fingerprint density at radius 3 is 2.41 bits per heavy atom. The summed E-state index contributed by atoms with van der Waals surface area (Å²) in [7, 11) is -4.41. The summed E-state index contributed by atoms with van der Waals surface area (Å²) < 4.78 is 15.0. The summed E-state index contributed by atoms with van der Waals surface area (Å²) >= 11 is 0. The summed E-state index contributed by atoms with van der Waals surface area (Å²) in [5.41, 5.74) is 13.6. The first kappa shape index (κ1) is 27.4. The lowest BCUT2D eigenvalue weighted by Crippen LogP contribution is -2.36. The number of benzene rings is 2. The number of amides is 2. The maximum absolute atomic E-state index is 13.4. The quantitative estimate of drug-likeness (QED) is 0.190. The van der Waals surface area contributed by atoms with Gasteiger partial charge in [0.1, 0.15) is 0 Å². The second kappa shape index (κ2) is 12.7. The molecule has 0 saturated carbocycles. The summed E-state index contributed by atoms with van der Waals surface area (Å²) in [4.78, 5) is 44.9. The Labute approximate surface area is 216 Å². The topological polar surface area (TPSA) is 152 Å². The van der Waals surface area contributed by atoms with Crippen LogP contribution in [0.15, 0.2) is 48.5 Å². The van der Waals surface area contributed by atoms with Crippen LogP contribution < -0.4 is 26.6 Å². The van der Waals surface area contributed by atoms with E-state index >= 15 is 0 Å². The molecule has 0 aliphatic carbocycles. The van der Waals surface area contributed by atoms with E-state index < -0.39 is 7.82 Å². The molecule has 200 valence electrons. The number of para-hydroxylation sites is 1. The van der Waals surface area contributed by atoms with Gasteiger partial charge in [-0.15, -0.1) is 0 Å². The fraction of sp³-hybridized carbons (Fsp3) is 0.440. The molecule has 2 unspecified atom stereocenters. The Balaban J connectivity index is 1.30. The highest BCUT2D eigenvalue weighted by atomic mass is 31.2. The second-order valence-electron chi connectivity index (χ2n) is 9.19. The predicted octanol–water partition coefficient (Wildman–Crippen LogP) is 2.49. The van der Waals surface area contributed by atoms with Crippen molar-refractivity contribution in [3.63, 3.8) is 0 Å². The standard InChI is InChI=1S/C25H34N5O6P/c31-22(26-15-7-1-2-8-16-36-37(33,34)35)13-14-23(32)30-17-18-9-3-4-10-19(18)24-25(28-29-27-24)20-11-5-6-12-21(20)30/h3-6,9-12,24-25,27-29H,1-2,7-8,13-17H2,(H,26,31)(H2,33,34,35). The zero-order valence-electron chi connectivity index (χ0n) is 20.6. The minimum atomic E-state index is -4.41. The summed E-state index contributed by atoms with van der Waals surface area (Å²) in [6, 6.07) is 15.9. The van der Waals surface area contributed by atoms with Crippen LogP contribution in [-0.4, -0.2) is 34.8 Å². The van der Waals surface area contributed by atoms with Crippen molar-refractivity contribution >= 4 is 25.3 Å². The van der Waals surface area contributed by atoms with Crippen LogP contribution in [0.2, 0.25) is 0 Å². The van der Waals surface area contributed by atoms with Crippen molar-refractivity contribution in [2.75, 3.05) is 18.1 Å². The number of rotatable bonds is 11. The maximum Gasteiger partial charge on any atom is 0.469 e. The minimum absolute atomic E-state index is 0.00728. The van der Waals surface area contributed by atoms with E-state index in [4.69, 9.17) is 9.79 Å². The molecule has 2 aliphatic heterocycles. The predicted molar refractivity (Wildman–Crippen MR) is 138 cm³/mol. The molecule has 2 heterocycles. The van der Waals surface area contributed by atoms with Gasteiger partial charge >= 0.3 is 7.82 Å². The first-order chi connectivity index (χ1) is 17.8. The molecule has 2 aliphatic rings. The van der Waals surface area contributed by atoms with Crippen LogP contribution in [-0.2, 0) is 25.2 Å². The number of nitrogens with zero attached hydrogens (tertiary/aromatic N) is 1. The number of carbonyl (C=O) groups is 2. The molecule has 2 amide bonds. The lowest BCUT2D eigenvalue weighted by molar-refractivity contribution is -0.125. The smallest absolute Gasteiger partial charge is 0.356 e. The third-order valence-corrected chi connectivity index (χ3v) is 7.11. The van der Waals surface area contributed by atoms with Gasteiger partial charge in [0, 0.05) is 25.1 Å². The number of unbranched alkanes of at least 4 members (excludes halogenated alkanes) is 3. The van der Waals surface area contributed by atoms with Crippen molar-refractivity contribution in [1.82, 2.24) is 21.7 Å². The monoisotopic (exact) mass is 531 g/mol. The maximum atomic E-state index is 13.4. The van der Waals surface area contributed by atoms with E-state index in [1.54, 1.807) is 4.90 Å². The third kappa shape index (κ3) is 7.45. The van der Waals surface area contributed by atoms with E-state index in [1.807, 2.05) is 42.5 Å². The SMILES string of the molecule is O=C(CCC(=O)N1Cc2ccccc2C2NNNC2c2ccccc21)NCCCCCCOP(=O)(O)O. The minimum Gasteiger partial charge on any atom is -0.356 e. The van der Waals surface area contributed by atoms with Crippen molar-refractivity contribution < 1.29 is 28.5 Å². The number of hydrogen-bond acceptors (Lipinski definition) is 7. The zero-order chi connectivity index (χ0) is 26.3. The molecule has 2 atom stereocenters. The number of hydrogen-bond donors (Lipinski definition) is 6. The summed E-state index contributed by atoms with van der Waals surface area (Å²) in [5.74, 6) is -0.287. The van der Waals surface area contributed by atoms with E-state index in [0.717, 1.165) is 41.6 Å². The lowest BCUT2D eigenvalue weighted by atomic mass is 9.88. The van der Waals surface area contributed by atoms with Crippen LogP contribution in [0.5, 0.6) is 0 Å². The number of phosphoric ester groups is 1. The lowest BCUT2D eigenvalue weighted by Gasteiger charge is -2.33. The number of anilines is 1. The number of nitrogens with one attached hydrogen (secondary N) is 4. The zero-order valence-corrected chi connectivity index (χ0v) is 21.5. The fourth-order valence-corrected chi connectivity index (χ4v) is 5.14. The molecule has 1 saturated heterocycles. The van der Waals surface area contributed by atoms with Crippen molar-refractivity contribution in [1.29, 1.82) is 0 Å². The Morgan fingerprint density at radius 2 is 1.62 bits per heavy atom. The van der Waals surface area contributed by atoms with Crippen LogP contribution in [0, 0.1) is 0 Å². The Morgan fingerprint density at radius 1 is 0.946 bits per heavy atom. The van der Waals surface area contributed by atoms with Crippen molar-refractivity contribution in [3.05, 3.63) is 65.2 Å². The van der Waals surface area contributed by atoms with Crippen LogP contribution in [0.1, 0.15) is 67.3 Å². The molecule has 2 aromatic carbocycles. The van der Waals surface area contributed by atoms with Gasteiger partial charge in [0.15, 0.2) is 0 Å². The molecule has 0 bridgehead atoms. The van der Waals surface area contributed by atoms with Crippen LogP contribution in [0.4, 0.5) is 5.69 Å². The van der Waals surface area contributed by atoms with Gasteiger partial charge < -0.3 is 20.0 Å². The number of fused-ring (bicyclic) bond motifs is 5. The van der Waals surface area contributed by atoms with Crippen molar-refractivity contribution in [2.45, 2.75) is 57.2 Å². The third-order valence-electron chi connectivity index (χ3n) is 6.59. The van der Waals surface area contributed by atoms with Crippen molar-refractivity contribution in [2.24, 2.45) is 0 Å². The van der Waals surface area contributed by atoms with Crippen molar-refractivity contribution in [3.8, 4) is 0 Å². The fourth-order valence-electron chi connectivity index (χ4n) is 4.77.